The number of amides is 2. The van der Waals surface area contributed by atoms with Crippen LogP contribution in [0.4, 0.5) is 5.69 Å². The van der Waals surface area contributed by atoms with E-state index in [1.807, 2.05) is 0 Å². The van der Waals surface area contributed by atoms with E-state index in [2.05, 4.69) is 10.3 Å². The van der Waals surface area contributed by atoms with Crippen molar-refractivity contribution in [1.82, 2.24) is 4.98 Å². The number of anilines is 1. The van der Waals surface area contributed by atoms with Gasteiger partial charge in [-0.15, -0.1) is 0 Å². The third-order valence-electron chi connectivity index (χ3n) is 3.01. The van der Waals surface area contributed by atoms with E-state index in [4.69, 9.17) is 21.8 Å². The maximum Gasteiger partial charge on any atom is 0.286 e. The maximum absolute atomic E-state index is 12.2. The second kappa shape index (κ2) is 5.50. The van der Waals surface area contributed by atoms with Gasteiger partial charge in [-0.3, -0.25) is 14.6 Å². The molecule has 1 aromatic carbocycles. The highest BCUT2D eigenvalue weighted by Crippen LogP contribution is 2.32. The highest BCUT2D eigenvalue weighted by Gasteiger charge is 2.21. The van der Waals surface area contributed by atoms with Gasteiger partial charge in [0.1, 0.15) is 17.0 Å². The first-order chi connectivity index (χ1) is 10.6. The molecule has 0 aliphatic carbocycles. The molecule has 0 atom stereocenters. The molecule has 0 radical (unpaired) electrons. The molecule has 2 heterocycles. The van der Waals surface area contributed by atoms with Crippen LogP contribution in [-0.4, -0.2) is 16.8 Å². The number of furan rings is 1. The third-order valence-corrected chi connectivity index (χ3v) is 3.25. The van der Waals surface area contributed by atoms with Crippen molar-refractivity contribution in [2.45, 2.75) is 0 Å². The third kappa shape index (κ3) is 2.51. The molecule has 0 spiro atoms. The molecule has 0 unspecified atom stereocenters. The second-order valence-electron chi connectivity index (χ2n) is 4.48. The number of pyridine rings is 1. The highest BCUT2D eigenvalue weighted by atomic mass is 35.5. The van der Waals surface area contributed by atoms with Crippen molar-refractivity contribution in [1.29, 1.82) is 0 Å². The quantitative estimate of drug-likeness (QED) is 0.776. The van der Waals surface area contributed by atoms with E-state index in [9.17, 15) is 9.59 Å². The van der Waals surface area contributed by atoms with Crippen molar-refractivity contribution in [3.8, 4) is 0 Å². The summed E-state index contributed by atoms with van der Waals surface area (Å²) in [5.41, 5.74) is 6.07. The molecule has 6 nitrogen and oxygen atoms in total. The van der Waals surface area contributed by atoms with Crippen molar-refractivity contribution < 1.29 is 14.0 Å². The van der Waals surface area contributed by atoms with E-state index in [1.54, 1.807) is 36.4 Å². The molecule has 0 aliphatic rings. The van der Waals surface area contributed by atoms with Crippen molar-refractivity contribution in [3.05, 3.63) is 59.1 Å². The fourth-order valence-electron chi connectivity index (χ4n) is 2.04. The fourth-order valence-corrected chi connectivity index (χ4v) is 2.20. The summed E-state index contributed by atoms with van der Waals surface area (Å²) in [4.78, 5) is 27.7. The van der Waals surface area contributed by atoms with Crippen LogP contribution in [0.15, 0.2) is 47.0 Å². The first-order valence-corrected chi connectivity index (χ1v) is 6.68. The Morgan fingerprint density at radius 2 is 2.05 bits per heavy atom. The summed E-state index contributed by atoms with van der Waals surface area (Å²) in [5.74, 6) is -1.40. The van der Waals surface area contributed by atoms with Crippen molar-refractivity contribution in [3.63, 3.8) is 0 Å². The number of carbonyl (C=O) groups excluding carboxylic acids is 2. The van der Waals surface area contributed by atoms with E-state index in [1.165, 1.54) is 6.20 Å². The smallest absolute Gasteiger partial charge is 0.286 e. The van der Waals surface area contributed by atoms with Gasteiger partial charge in [-0.2, -0.15) is 0 Å². The zero-order valence-electron chi connectivity index (χ0n) is 11.2. The van der Waals surface area contributed by atoms with Gasteiger partial charge in [0.05, 0.1) is 0 Å². The van der Waals surface area contributed by atoms with Gasteiger partial charge in [-0.1, -0.05) is 17.7 Å². The van der Waals surface area contributed by atoms with Crippen LogP contribution in [0.25, 0.3) is 11.0 Å². The minimum absolute atomic E-state index is 0.137. The largest absolute Gasteiger partial charge is 0.449 e. The lowest BCUT2D eigenvalue weighted by atomic mass is 10.2. The molecule has 0 saturated heterocycles. The van der Waals surface area contributed by atoms with E-state index in [0.717, 1.165) is 0 Å². The number of hydrogen-bond donors (Lipinski definition) is 2. The molecule has 22 heavy (non-hydrogen) atoms. The first kappa shape index (κ1) is 14.1. The lowest BCUT2D eigenvalue weighted by Gasteiger charge is -2.04. The Morgan fingerprint density at radius 3 is 2.73 bits per heavy atom. The summed E-state index contributed by atoms with van der Waals surface area (Å²) in [6, 6.07) is 9.74. The summed E-state index contributed by atoms with van der Waals surface area (Å²) in [6.45, 7) is 0. The summed E-state index contributed by atoms with van der Waals surface area (Å²) in [5, 5.41) is 3.59. The Balaban J connectivity index is 2.07. The molecule has 7 heteroatoms. The molecular weight excluding hydrogens is 306 g/mol. The van der Waals surface area contributed by atoms with Crippen LogP contribution in [0.1, 0.15) is 21.0 Å². The highest BCUT2D eigenvalue weighted by molar-refractivity contribution is 6.31. The normalized spacial score (nSPS) is 10.6. The first-order valence-electron chi connectivity index (χ1n) is 6.30. The summed E-state index contributed by atoms with van der Waals surface area (Å²) in [7, 11) is 0. The molecular formula is C15H10ClN3O3. The number of aromatic nitrogens is 1. The van der Waals surface area contributed by atoms with Crippen LogP contribution in [0, 0.1) is 0 Å². The number of halogens is 1. The van der Waals surface area contributed by atoms with Crippen LogP contribution in [0.2, 0.25) is 5.02 Å². The number of hydrogen-bond acceptors (Lipinski definition) is 4. The number of nitrogens with zero attached hydrogens (tertiary/aromatic N) is 1. The lowest BCUT2D eigenvalue weighted by molar-refractivity contribution is 0.0977. The average Bonchev–Trinajstić information content (AvgIpc) is 2.86. The van der Waals surface area contributed by atoms with Crippen molar-refractivity contribution in [2.24, 2.45) is 5.73 Å². The van der Waals surface area contributed by atoms with Crippen LogP contribution < -0.4 is 11.1 Å². The molecule has 0 bridgehead atoms. The summed E-state index contributed by atoms with van der Waals surface area (Å²) < 4.78 is 5.38. The Hall–Kier alpha value is -2.86. The Labute approximate surface area is 129 Å². The SMILES string of the molecule is NC(=O)c1oc2cc(Cl)ccc2c1NC(=O)c1ccccn1. The number of benzene rings is 1. The van der Waals surface area contributed by atoms with Crippen LogP contribution >= 0.6 is 11.6 Å². The average molecular weight is 316 g/mol. The number of primary amides is 1. The number of nitrogens with two attached hydrogens (primary N) is 1. The summed E-state index contributed by atoms with van der Waals surface area (Å²) in [6.07, 6.45) is 1.50. The molecule has 2 aromatic heterocycles. The minimum Gasteiger partial charge on any atom is -0.449 e. The molecule has 0 aliphatic heterocycles. The topological polar surface area (TPSA) is 98.2 Å². The van der Waals surface area contributed by atoms with Gasteiger partial charge in [-0.05, 0) is 24.3 Å². The van der Waals surface area contributed by atoms with Crippen LogP contribution in [0.3, 0.4) is 0 Å². The Morgan fingerprint density at radius 1 is 1.23 bits per heavy atom. The zero-order valence-corrected chi connectivity index (χ0v) is 11.9. The van der Waals surface area contributed by atoms with E-state index in [-0.39, 0.29) is 17.1 Å². The van der Waals surface area contributed by atoms with Gasteiger partial charge < -0.3 is 15.5 Å². The lowest BCUT2D eigenvalue weighted by Crippen LogP contribution is -2.17. The fraction of sp³-hybridized carbons (Fsp3) is 0. The van der Waals surface area contributed by atoms with Gasteiger partial charge in [0.25, 0.3) is 11.8 Å². The van der Waals surface area contributed by atoms with Gasteiger partial charge in [-0.25, -0.2) is 0 Å². The zero-order chi connectivity index (χ0) is 15.7. The van der Waals surface area contributed by atoms with Gasteiger partial charge in [0, 0.05) is 22.7 Å². The van der Waals surface area contributed by atoms with E-state index >= 15 is 0 Å². The number of nitrogens with one attached hydrogen (secondary N) is 1. The monoisotopic (exact) mass is 315 g/mol. The van der Waals surface area contributed by atoms with Crippen LogP contribution in [0.5, 0.6) is 0 Å². The number of fused-ring (bicyclic) bond motifs is 1. The standard InChI is InChI=1S/C15H10ClN3O3/c16-8-4-5-9-11(7-8)22-13(14(17)20)12(9)19-15(21)10-3-1-2-6-18-10/h1-7H,(H2,17,20)(H,19,21). The Bertz CT molecular complexity index is 874. The Kier molecular flexibility index (Phi) is 3.52. The molecule has 3 aromatic rings. The molecule has 110 valence electrons. The van der Waals surface area contributed by atoms with Crippen molar-refractivity contribution >= 4 is 40.1 Å². The molecule has 2 amide bonds. The van der Waals surface area contributed by atoms with Gasteiger partial charge >= 0.3 is 0 Å². The van der Waals surface area contributed by atoms with Crippen molar-refractivity contribution in [2.75, 3.05) is 5.32 Å². The number of carbonyl (C=O) groups is 2. The second-order valence-corrected chi connectivity index (χ2v) is 4.92. The molecule has 0 saturated carbocycles. The molecule has 3 rings (SSSR count). The molecule has 0 fully saturated rings. The van der Waals surface area contributed by atoms with E-state index in [0.29, 0.717) is 16.0 Å². The predicted octanol–water partition coefficient (Wildman–Crippen LogP) is 2.83. The van der Waals surface area contributed by atoms with Crippen LogP contribution in [-0.2, 0) is 0 Å². The minimum atomic E-state index is -0.788. The summed E-state index contributed by atoms with van der Waals surface area (Å²) >= 11 is 5.89. The number of rotatable bonds is 3. The van der Waals surface area contributed by atoms with Gasteiger partial charge in [0.2, 0.25) is 5.76 Å². The molecule has 3 N–H and O–H groups in total. The van der Waals surface area contributed by atoms with E-state index < -0.39 is 11.8 Å². The van der Waals surface area contributed by atoms with Gasteiger partial charge in [0.15, 0.2) is 0 Å². The maximum atomic E-state index is 12.2. The predicted molar refractivity (Wildman–Crippen MR) is 81.9 cm³/mol.